The third-order valence-electron chi connectivity index (χ3n) is 4.01. The minimum absolute atomic E-state index is 0.406. The number of hydrogen-bond donors (Lipinski definition) is 1. The molecule has 1 aromatic heterocycles. The summed E-state index contributed by atoms with van der Waals surface area (Å²) < 4.78 is 0. The Morgan fingerprint density at radius 2 is 1.65 bits per heavy atom. The van der Waals surface area contributed by atoms with E-state index in [1.54, 1.807) is 6.07 Å². The van der Waals surface area contributed by atoms with Crippen LogP contribution in [0.3, 0.4) is 0 Å². The third kappa shape index (κ3) is 2.18. The molecule has 4 aromatic rings. The molecule has 3 nitrogen and oxygen atoms in total. The van der Waals surface area contributed by atoms with Gasteiger partial charge in [-0.3, -0.25) is 0 Å². The lowest BCUT2D eigenvalue weighted by atomic mass is 9.95. The van der Waals surface area contributed by atoms with Gasteiger partial charge in [0.05, 0.1) is 5.52 Å². The normalized spacial score (nSPS) is 10.7. The first kappa shape index (κ1) is 13.3. The van der Waals surface area contributed by atoms with Gasteiger partial charge in [-0.05, 0) is 40.6 Å². The summed E-state index contributed by atoms with van der Waals surface area (Å²) >= 11 is 0. The van der Waals surface area contributed by atoms with Crippen LogP contribution in [0.2, 0.25) is 0 Å². The molecule has 0 saturated heterocycles. The number of nitrogen functional groups attached to an aromatic ring is 1. The highest BCUT2D eigenvalue weighted by atomic mass is 14.7. The van der Waals surface area contributed by atoms with E-state index in [0.717, 1.165) is 32.8 Å². The molecule has 0 aliphatic carbocycles. The van der Waals surface area contributed by atoms with Gasteiger partial charge in [0.1, 0.15) is 11.8 Å². The molecule has 0 fully saturated rings. The lowest BCUT2D eigenvalue weighted by molar-refractivity contribution is 1.33. The van der Waals surface area contributed by atoms with Crippen molar-refractivity contribution < 1.29 is 0 Å². The summed E-state index contributed by atoms with van der Waals surface area (Å²) in [6.07, 6.45) is 0. The van der Waals surface area contributed by atoms with Gasteiger partial charge >= 0.3 is 0 Å². The molecule has 2 N–H and O–H groups in total. The zero-order valence-corrected chi connectivity index (χ0v) is 12.3. The van der Waals surface area contributed by atoms with Gasteiger partial charge in [-0.15, -0.1) is 0 Å². The van der Waals surface area contributed by atoms with E-state index in [9.17, 15) is 0 Å². The molecule has 0 radical (unpaired) electrons. The van der Waals surface area contributed by atoms with E-state index in [1.165, 1.54) is 0 Å². The molecular formula is C20H13N3. The first-order valence-electron chi connectivity index (χ1n) is 7.35. The zero-order valence-electron chi connectivity index (χ0n) is 12.3. The molecule has 4 rings (SSSR count). The third-order valence-corrected chi connectivity index (χ3v) is 4.01. The van der Waals surface area contributed by atoms with Crippen LogP contribution in [-0.4, -0.2) is 4.98 Å². The van der Waals surface area contributed by atoms with Gasteiger partial charge in [-0.25, -0.2) is 4.98 Å². The number of hydrogen-bond acceptors (Lipinski definition) is 3. The van der Waals surface area contributed by atoms with E-state index < -0.39 is 0 Å². The number of fused-ring (bicyclic) bond motifs is 2. The molecular weight excluding hydrogens is 282 g/mol. The highest BCUT2D eigenvalue weighted by Gasteiger charge is 2.10. The maximum atomic E-state index is 9.15. The number of rotatable bonds is 1. The standard InChI is InChI=1S/C20H13N3/c21-12-16-9-8-14-10-15(22)11-19(20(14)23-16)18-7-3-5-13-4-1-2-6-17(13)18/h1-11H,22H2. The van der Waals surface area contributed by atoms with Crippen LogP contribution >= 0.6 is 0 Å². The van der Waals surface area contributed by atoms with Crippen molar-refractivity contribution in [2.75, 3.05) is 5.73 Å². The summed E-state index contributed by atoms with van der Waals surface area (Å²) in [5, 5.41) is 12.4. The molecule has 0 amide bonds. The topological polar surface area (TPSA) is 62.7 Å². The van der Waals surface area contributed by atoms with Gasteiger partial charge in [0.15, 0.2) is 0 Å². The Bertz CT molecular complexity index is 1090. The van der Waals surface area contributed by atoms with Crippen molar-refractivity contribution in [1.82, 2.24) is 4.98 Å². The molecule has 3 heteroatoms. The summed E-state index contributed by atoms with van der Waals surface area (Å²) in [5.41, 5.74) is 10.0. The second-order valence-corrected chi connectivity index (χ2v) is 5.48. The Kier molecular flexibility index (Phi) is 2.96. The van der Waals surface area contributed by atoms with E-state index >= 15 is 0 Å². The van der Waals surface area contributed by atoms with Crippen LogP contribution < -0.4 is 5.73 Å². The summed E-state index contributed by atoms with van der Waals surface area (Å²) in [6.45, 7) is 0. The minimum Gasteiger partial charge on any atom is -0.399 e. The molecule has 0 spiro atoms. The molecule has 23 heavy (non-hydrogen) atoms. The van der Waals surface area contributed by atoms with Crippen molar-refractivity contribution >= 4 is 27.4 Å². The number of nitrogens with zero attached hydrogens (tertiary/aromatic N) is 2. The lowest BCUT2D eigenvalue weighted by Gasteiger charge is -2.11. The summed E-state index contributed by atoms with van der Waals surface area (Å²) in [4.78, 5) is 4.50. The van der Waals surface area contributed by atoms with Crippen LogP contribution in [0.4, 0.5) is 5.69 Å². The van der Waals surface area contributed by atoms with Gasteiger partial charge < -0.3 is 5.73 Å². The highest BCUT2D eigenvalue weighted by molar-refractivity contribution is 6.05. The van der Waals surface area contributed by atoms with E-state index in [2.05, 4.69) is 35.3 Å². The number of pyridine rings is 1. The van der Waals surface area contributed by atoms with Crippen molar-refractivity contribution in [3.8, 4) is 17.2 Å². The number of anilines is 1. The van der Waals surface area contributed by atoms with E-state index in [0.29, 0.717) is 11.4 Å². The van der Waals surface area contributed by atoms with Gasteiger partial charge in [0.25, 0.3) is 0 Å². The molecule has 3 aromatic carbocycles. The van der Waals surface area contributed by atoms with Crippen LogP contribution in [0.5, 0.6) is 0 Å². The van der Waals surface area contributed by atoms with Crippen molar-refractivity contribution in [3.05, 3.63) is 72.4 Å². The molecule has 0 saturated carbocycles. The van der Waals surface area contributed by atoms with Gasteiger partial charge in [0.2, 0.25) is 0 Å². The minimum atomic E-state index is 0.406. The predicted octanol–water partition coefficient (Wildman–Crippen LogP) is 4.51. The maximum Gasteiger partial charge on any atom is 0.141 e. The molecule has 0 bridgehead atoms. The average molecular weight is 295 g/mol. The largest absolute Gasteiger partial charge is 0.399 e. The van der Waals surface area contributed by atoms with Crippen molar-refractivity contribution in [2.24, 2.45) is 0 Å². The van der Waals surface area contributed by atoms with Gasteiger partial charge in [-0.1, -0.05) is 42.5 Å². The SMILES string of the molecule is N#Cc1ccc2cc(N)cc(-c3cccc4ccccc34)c2n1. The van der Waals surface area contributed by atoms with Crippen molar-refractivity contribution in [3.63, 3.8) is 0 Å². The molecule has 108 valence electrons. The average Bonchev–Trinajstić information content (AvgIpc) is 2.60. The molecule has 0 aliphatic rings. The van der Waals surface area contributed by atoms with Crippen LogP contribution in [-0.2, 0) is 0 Å². The maximum absolute atomic E-state index is 9.15. The predicted molar refractivity (Wildman–Crippen MR) is 93.8 cm³/mol. The first-order chi connectivity index (χ1) is 11.3. The number of nitrogens with two attached hydrogens (primary N) is 1. The zero-order chi connectivity index (χ0) is 15.8. The second kappa shape index (κ2) is 5.11. The van der Waals surface area contributed by atoms with E-state index in [4.69, 9.17) is 11.0 Å². The van der Waals surface area contributed by atoms with Crippen LogP contribution in [0.25, 0.3) is 32.8 Å². The summed E-state index contributed by atoms with van der Waals surface area (Å²) in [5.74, 6) is 0. The van der Waals surface area contributed by atoms with Gasteiger partial charge in [-0.2, -0.15) is 5.26 Å². The lowest BCUT2D eigenvalue weighted by Crippen LogP contribution is -1.93. The first-order valence-corrected chi connectivity index (χ1v) is 7.35. The Balaban J connectivity index is 2.14. The molecule has 1 heterocycles. The monoisotopic (exact) mass is 295 g/mol. The molecule has 0 aliphatic heterocycles. The van der Waals surface area contributed by atoms with Crippen LogP contribution in [0.1, 0.15) is 5.69 Å². The number of aromatic nitrogens is 1. The Morgan fingerprint density at radius 1 is 0.826 bits per heavy atom. The second-order valence-electron chi connectivity index (χ2n) is 5.48. The van der Waals surface area contributed by atoms with E-state index in [1.807, 2.05) is 36.4 Å². The number of benzene rings is 3. The summed E-state index contributed by atoms with van der Waals surface area (Å²) in [7, 11) is 0. The van der Waals surface area contributed by atoms with E-state index in [-0.39, 0.29) is 0 Å². The fraction of sp³-hybridized carbons (Fsp3) is 0. The highest BCUT2D eigenvalue weighted by Crippen LogP contribution is 2.34. The molecule has 0 atom stereocenters. The molecule has 0 unspecified atom stereocenters. The number of nitriles is 1. The Hall–Kier alpha value is -3.38. The van der Waals surface area contributed by atoms with Crippen molar-refractivity contribution in [2.45, 2.75) is 0 Å². The summed E-state index contributed by atoms with van der Waals surface area (Å²) in [6, 6.07) is 23.9. The van der Waals surface area contributed by atoms with Crippen molar-refractivity contribution in [1.29, 1.82) is 5.26 Å². The fourth-order valence-corrected chi connectivity index (χ4v) is 2.99. The Morgan fingerprint density at radius 3 is 2.52 bits per heavy atom. The van der Waals surface area contributed by atoms with Crippen LogP contribution in [0.15, 0.2) is 66.7 Å². The fourth-order valence-electron chi connectivity index (χ4n) is 2.99. The smallest absolute Gasteiger partial charge is 0.141 e. The van der Waals surface area contributed by atoms with Gasteiger partial charge in [0, 0.05) is 16.6 Å². The Labute approximate surface area is 133 Å². The quantitative estimate of drug-likeness (QED) is 0.525. The van der Waals surface area contributed by atoms with Crippen LogP contribution in [0, 0.1) is 11.3 Å².